The Hall–Kier alpha value is -2.12. The summed E-state index contributed by atoms with van der Waals surface area (Å²) in [6.45, 7) is 5.76. The average molecular weight is 347 g/mol. The molecule has 1 aliphatic heterocycles. The monoisotopic (exact) mass is 347 g/mol. The van der Waals surface area contributed by atoms with Gasteiger partial charge in [0.15, 0.2) is 0 Å². The van der Waals surface area contributed by atoms with Crippen molar-refractivity contribution in [2.24, 2.45) is 5.73 Å². The van der Waals surface area contributed by atoms with Gasteiger partial charge in [-0.25, -0.2) is 4.79 Å². The van der Waals surface area contributed by atoms with Gasteiger partial charge in [0.25, 0.3) is 0 Å². The third-order valence-corrected chi connectivity index (χ3v) is 4.34. The van der Waals surface area contributed by atoms with E-state index in [0.717, 1.165) is 44.8 Å². The maximum absolute atomic E-state index is 12.0. The standard InChI is InChI=1S/C18H29N5O2/c1-22-9-11-23(12-10-22)14-15-5-4-6-16(13-15)21-17(24)7-2-3-8-20-18(19)25/h4-6,13H,2-3,7-12,14H2,1H3,(H,21,24)(H3,19,20,25). The fraction of sp³-hybridized carbons (Fsp3) is 0.556. The Kier molecular flexibility index (Phi) is 7.69. The molecule has 0 spiro atoms. The quantitative estimate of drug-likeness (QED) is 0.617. The summed E-state index contributed by atoms with van der Waals surface area (Å²) in [4.78, 5) is 27.3. The van der Waals surface area contributed by atoms with E-state index in [-0.39, 0.29) is 5.91 Å². The predicted molar refractivity (Wildman–Crippen MR) is 99.3 cm³/mol. The number of amides is 3. The summed E-state index contributed by atoms with van der Waals surface area (Å²) in [6.07, 6.45) is 1.88. The van der Waals surface area contributed by atoms with Crippen molar-refractivity contribution in [1.82, 2.24) is 15.1 Å². The summed E-state index contributed by atoms with van der Waals surface area (Å²) < 4.78 is 0. The van der Waals surface area contributed by atoms with Gasteiger partial charge in [0.05, 0.1) is 0 Å². The van der Waals surface area contributed by atoms with Gasteiger partial charge in [0, 0.05) is 51.4 Å². The van der Waals surface area contributed by atoms with Crippen molar-refractivity contribution >= 4 is 17.6 Å². The molecule has 4 N–H and O–H groups in total. The molecule has 7 nitrogen and oxygen atoms in total. The minimum absolute atomic E-state index is 0.00387. The van der Waals surface area contributed by atoms with Crippen LogP contribution >= 0.6 is 0 Å². The molecule has 138 valence electrons. The molecule has 0 unspecified atom stereocenters. The molecule has 1 aliphatic rings. The number of carbonyl (C=O) groups is 2. The van der Waals surface area contributed by atoms with Crippen LogP contribution in [0.1, 0.15) is 24.8 Å². The molecule has 0 saturated carbocycles. The van der Waals surface area contributed by atoms with E-state index in [1.54, 1.807) is 0 Å². The molecule has 1 aromatic carbocycles. The van der Waals surface area contributed by atoms with Crippen LogP contribution in [0.3, 0.4) is 0 Å². The minimum Gasteiger partial charge on any atom is -0.352 e. The number of hydrogen-bond donors (Lipinski definition) is 3. The smallest absolute Gasteiger partial charge is 0.312 e. The number of benzene rings is 1. The predicted octanol–water partition coefficient (Wildman–Crippen LogP) is 1.21. The lowest BCUT2D eigenvalue weighted by Gasteiger charge is -2.32. The number of piperazine rings is 1. The van der Waals surface area contributed by atoms with Crippen LogP contribution in [-0.2, 0) is 11.3 Å². The van der Waals surface area contributed by atoms with E-state index < -0.39 is 6.03 Å². The first kappa shape index (κ1) is 19.2. The third kappa shape index (κ3) is 7.53. The van der Waals surface area contributed by atoms with Gasteiger partial charge >= 0.3 is 6.03 Å². The number of carbonyl (C=O) groups excluding carboxylic acids is 2. The zero-order valence-corrected chi connectivity index (χ0v) is 15.0. The van der Waals surface area contributed by atoms with Crippen molar-refractivity contribution in [3.05, 3.63) is 29.8 Å². The molecule has 1 heterocycles. The van der Waals surface area contributed by atoms with Crippen LogP contribution in [0.2, 0.25) is 0 Å². The van der Waals surface area contributed by atoms with Crippen molar-refractivity contribution in [1.29, 1.82) is 0 Å². The molecule has 1 fully saturated rings. The molecule has 2 rings (SSSR count). The van der Waals surface area contributed by atoms with E-state index in [4.69, 9.17) is 5.73 Å². The maximum Gasteiger partial charge on any atom is 0.312 e. The van der Waals surface area contributed by atoms with E-state index in [0.29, 0.717) is 19.4 Å². The average Bonchev–Trinajstić information content (AvgIpc) is 2.57. The van der Waals surface area contributed by atoms with Gasteiger partial charge in [-0.05, 0) is 37.6 Å². The van der Waals surface area contributed by atoms with Gasteiger partial charge in [-0.3, -0.25) is 9.69 Å². The molecule has 0 atom stereocenters. The van der Waals surface area contributed by atoms with E-state index in [1.165, 1.54) is 5.56 Å². The number of likely N-dealkylation sites (N-methyl/N-ethyl adjacent to an activating group) is 1. The van der Waals surface area contributed by atoms with Crippen LogP contribution in [0.25, 0.3) is 0 Å². The van der Waals surface area contributed by atoms with Gasteiger partial charge < -0.3 is 21.3 Å². The number of urea groups is 1. The Morgan fingerprint density at radius 1 is 1.16 bits per heavy atom. The second kappa shape index (κ2) is 10.0. The number of nitrogens with one attached hydrogen (secondary N) is 2. The highest BCUT2D eigenvalue weighted by Gasteiger charge is 2.14. The van der Waals surface area contributed by atoms with Gasteiger partial charge in [0.1, 0.15) is 0 Å². The topological polar surface area (TPSA) is 90.7 Å². The lowest BCUT2D eigenvalue weighted by Crippen LogP contribution is -2.43. The lowest BCUT2D eigenvalue weighted by molar-refractivity contribution is -0.116. The van der Waals surface area contributed by atoms with Gasteiger partial charge in [0.2, 0.25) is 5.91 Å². The summed E-state index contributed by atoms with van der Waals surface area (Å²) in [6, 6.07) is 7.52. The minimum atomic E-state index is -0.526. The number of anilines is 1. The zero-order valence-electron chi connectivity index (χ0n) is 15.0. The number of unbranched alkanes of at least 4 members (excludes halogenated alkanes) is 1. The van der Waals surface area contributed by atoms with Crippen LogP contribution in [-0.4, -0.2) is 61.5 Å². The summed E-state index contributed by atoms with van der Waals surface area (Å²) >= 11 is 0. The maximum atomic E-state index is 12.0. The summed E-state index contributed by atoms with van der Waals surface area (Å²) in [5, 5.41) is 5.47. The zero-order chi connectivity index (χ0) is 18.1. The molecule has 25 heavy (non-hydrogen) atoms. The number of rotatable bonds is 8. The molecule has 0 aromatic heterocycles. The Morgan fingerprint density at radius 2 is 1.92 bits per heavy atom. The Morgan fingerprint density at radius 3 is 2.64 bits per heavy atom. The van der Waals surface area contributed by atoms with Gasteiger partial charge in [-0.1, -0.05) is 12.1 Å². The van der Waals surface area contributed by atoms with Crippen molar-refractivity contribution in [2.45, 2.75) is 25.8 Å². The van der Waals surface area contributed by atoms with Crippen LogP contribution in [0, 0.1) is 0 Å². The highest BCUT2D eigenvalue weighted by atomic mass is 16.2. The highest BCUT2D eigenvalue weighted by molar-refractivity contribution is 5.90. The van der Waals surface area contributed by atoms with Gasteiger partial charge in [-0.15, -0.1) is 0 Å². The van der Waals surface area contributed by atoms with Crippen LogP contribution < -0.4 is 16.4 Å². The first-order chi connectivity index (χ1) is 12.0. The summed E-state index contributed by atoms with van der Waals surface area (Å²) in [5.41, 5.74) is 7.04. The molecule has 7 heteroatoms. The van der Waals surface area contributed by atoms with E-state index in [9.17, 15) is 9.59 Å². The first-order valence-corrected chi connectivity index (χ1v) is 8.86. The van der Waals surface area contributed by atoms with E-state index in [2.05, 4.69) is 33.5 Å². The first-order valence-electron chi connectivity index (χ1n) is 8.86. The highest BCUT2D eigenvalue weighted by Crippen LogP contribution is 2.14. The van der Waals surface area contributed by atoms with Crippen molar-refractivity contribution in [2.75, 3.05) is 45.1 Å². The van der Waals surface area contributed by atoms with E-state index >= 15 is 0 Å². The molecular weight excluding hydrogens is 318 g/mol. The Bertz CT molecular complexity index is 570. The molecule has 1 saturated heterocycles. The molecule has 3 amide bonds. The molecule has 0 aliphatic carbocycles. The van der Waals surface area contributed by atoms with Crippen LogP contribution in [0.15, 0.2) is 24.3 Å². The van der Waals surface area contributed by atoms with Crippen molar-refractivity contribution in [3.8, 4) is 0 Å². The Balaban J connectivity index is 1.72. The molecule has 1 aromatic rings. The number of nitrogens with zero attached hydrogens (tertiary/aromatic N) is 2. The largest absolute Gasteiger partial charge is 0.352 e. The summed E-state index contributed by atoms with van der Waals surface area (Å²) in [5.74, 6) is -0.00387. The van der Waals surface area contributed by atoms with Crippen molar-refractivity contribution < 1.29 is 9.59 Å². The lowest BCUT2D eigenvalue weighted by atomic mass is 10.1. The number of nitrogens with two attached hydrogens (primary N) is 1. The van der Waals surface area contributed by atoms with Crippen LogP contribution in [0.4, 0.5) is 10.5 Å². The fourth-order valence-corrected chi connectivity index (χ4v) is 2.86. The van der Waals surface area contributed by atoms with Crippen LogP contribution in [0.5, 0.6) is 0 Å². The molecule has 0 bridgehead atoms. The second-order valence-electron chi connectivity index (χ2n) is 6.58. The Labute approximate surface area is 149 Å². The number of primary amides is 1. The van der Waals surface area contributed by atoms with E-state index in [1.807, 2.05) is 18.2 Å². The molecule has 0 radical (unpaired) electrons. The SMILES string of the molecule is CN1CCN(Cc2cccc(NC(=O)CCCCNC(N)=O)c2)CC1. The van der Waals surface area contributed by atoms with Gasteiger partial charge in [-0.2, -0.15) is 0 Å². The third-order valence-electron chi connectivity index (χ3n) is 4.34. The second-order valence-corrected chi connectivity index (χ2v) is 6.58. The van der Waals surface area contributed by atoms with Crippen molar-refractivity contribution in [3.63, 3.8) is 0 Å². The normalized spacial score (nSPS) is 15.7. The molecular formula is C18H29N5O2. The fourth-order valence-electron chi connectivity index (χ4n) is 2.86. The summed E-state index contributed by atoms with van der Waals surface area (Å²) in [7, 11) is 2.15. The number of hydrogen-bond acceptors (Lipinski definition) is 4.